The number of aliphatic hydroxyl groups is 2. The second kappa shape index (κ2) is 11.2. The van der Waals surface area contributed by atoms with E-state index in [1.54, 1.807) is 0 Å². The molecule has 0 amide bonds. The molecule has 5 heteroatoms. The van der Waals surface area contributed by atoms with Crippen molar-refractivity contribution >= 4 is 11.6 Å². The number of allylic oxidation sites excluding steroid dienone is 4. The summed E-state index contributed by atoms with van der Waals surface area (Å²) < 4.78 is 0. The van der Waals surface area contributed by atoms with E-state index in [0.717, 1.165) is 0 Å². The van der Waals surface area contributed by atoms with Gasteiger partial charge in [0.15, 0.2) is 11.6 Å². The largest absolute Gasteiger partial charge is 0.512 e. The van der Waals surface area contributed by atoms with Crippen LogP contribution in [-0.2, 0) is 30.7 Å². The Hall–Kier alpha value is -0.892. The summed E-state index contributed by atoms with van der Waals surface area (Å²) in [5.41, 5.74) is 0. The second-order valence-corrected chi connectivity index (χ2v) is 2.79. The minimum Gasteiger partial charge on any atom is -0.512 e. The Bertz CT molecular complexity index is 231. The van der Waals surface area contributed by atoms with Crippen molar-refractivity contribution in [3.63, 3.8) is 0 Å². The smallest absolute Gasteiger partial charge is 0.155 e. The van der Waals surface area contributed by atoms with Crippen LogP contribution in [0.5, 0.6) is 0 Å². The molecular weight excluding hydrogens is 379 g/mol. The second-order valence-electron chi connectivity index (χ2n) is 2.79. The van der Waals surface area contributed by atoms with E-state index >= 15 is 0 Å². The van der Waals surface area contributed by atoms with Crippen LogP contribution in [0.15, 0.2) is 23.7 Å². The van der Waals surface area contributed by atoms with Crippen LogP contribution < -0.4 is 0 Å². The van der Waals surface area contributed by atoms with Crippen LogP contribution in [0, 0.1) is 0 Å². The summed E-state index contributed by atoms with van der Waals surface area (Å²) in [4.78, 5) is 20.0. The Morgan fingerprint density at radius 1 is 0.800 bits per heavy atom. The van der Waals surface area contributed by atoms with E-state index < -0.39 is 0 Å². The monoisotopic (exact) mass is 395 g/mol. The third-order valence-corrected chi connectivity index (χ3v) is 0.824. The molecule has 0 aliphatic rings. The van der Waals surface area contributed by atoms with E-state index in [1.165, 1.54) is 39.8 Å². The van der Waals surface area contributed by atoms with Crippen molar-refractivity contribution < 1.29 is 40.9 Å². The van der Waals surface area contributed by atoms with Crippen LogP contribution >= 0.6 is 0 Å². The molecule has 2 N–H and O–H groups in total. The van der Waals surface area contributed by atoms with Gasteiger partial charge in [0.1, 0.15) is 0 Å². The number of ketones is 2. The molecular formula is C10H16O4Pt. The van der Waals surface area contributed by atoms with Crippen LogP contribution in [-0.4, -0.2) is 21.8 Å². The fourth-order valence-corrected chi connectivity index (χ4v) is 0.588. The quantitative estimate of drug-likeness (QED) is 0.555. The van der Waals surface area contributed by atoms with E-state index in [9.17, 15) is 9.59 Å². The number of hydrogen-bond donors (Lipinski definition) is 2. The molecule has 0 aromatic rings. The summed E-state index contributed by atoms with van der Waals surface area (Å²) in [6.07, 6.45) is 2.33. The zero-order chi connectivity index (χ0) is 11.7. The third kappa shape index (κ3) is 32.0. The van der Waals surface area contributed by atoms with Crippen molar-refractivity contribution in [2.75, 3.05) is 0 Å². The van der Waals surface area contributed by atoms with Crippen LogP contribution in [0.4, 0.5) is 0 Å². The van der Waals surface area contributed by atoms with Crippen LogP contribution in [0.1, 0.15) is 27.7 Å². The van der Waals surface area contributed by atoms with Crippen molar-refractivity contribution in [2.45, 2.75) is 27.7 Å². The number of aliphatic hydroxyl groups excluding tert-OH is 2. The molecule has 0 atom stereocenters. The molecule has 0 rings (SSSR count). The molecule has 0 aromatic carbocycles. The van der Waals surface area contributed by atoms with E-state index in [0.29, 0.717) is 0 Å². The first-order chi connectivity index (χ1) is 6.25. The van der Waals surface area contributed by atoms with E-state index in [2.05, 4.69) is 0 Å². The molecule has 0 aliphatic heterocycles. The molecule has 15 heavy (non-hydrogen) atoms. The van der Waals surface area contributed by atoms with Crippen molar-refractivity contribution in [1.29, 1.82) is 0 Å². The summed E-state index contributed by atoms with van der Waals surface area (Å²) in [7, 11) is 0. The fraction of sp³-hybridized carbons (Fsp3) is 0.400. The Balaban J connectivity index is -0.000000180. The van der Waals surface area contributed by atoms with Crippen molar-refractivity contribution in [1.82, 2.24) is 0 Å². The van der Waals surface area contributed by atoms with Crippen LogP contribution in [0.2, 0.25) is 0 Å². The molecule has 4 nitrogen and oxygen atoms in total. The summed E-state index contributed by atoms with van der Waals surface area (Å²) >= 11 is 0. The molecule has 0 fully saturated rings. The maximum atomic E-state index is 10.0. The van der Waals surface area contributed by atoms with Gasteiger partial charge >= 0.3 is 0 Å². The van der Waals surface area contributed by atoms with Gasteiger partial charge in [0, 0.05) is 33.2 Å². The molecule has 90 valence electrons. The molecule has 0 saturated carbocycles. The molecule has 0 saturated heterocycles. The van der Waals surface area contributed by atoms with Gasteiger partial charge in [-0.3, -0.25) is 9.59 Å². The predicted molar refractivity (Wildman–Crippen MR) is 54.1 cm³/mol. The van der Waals surface area contributed by atoms with Crippen LogP contribution in [0.3, 0.4) is 0 Å². The Kier molecular flexibility index (Phi) is 14.6. The van der Waals surface area contributed by atoms with Gasteiger partial charge in [-0.25, -0.2) is 0 Å². The normalized spacial score (nSPS) is 10.7. The van der Waals surface area contributed by atoms with E-state index in [1.807, 2.05) is 0 Å². The van der Waals surface area contributed by atoms with Gasteiger partial charge in [-0.1, -0.05) is 0 Å². The minimum atomic E-state index is -0.125. The zero-order valence-electron chi connectivity index (χ0n) is 9.18. The van der Waals surface area contributed by atoms with Gasteiger partial charge in [-0.2, -0.15) is 0 Å². The molecule has 0 radical (unpaired) electrons. The SMILES string of the molecule is CC(=O)/C=C(/C)O.CC(=O)/C=C(\C)O.[Pt]. The average molecular weight is 395 g/mol. The zero-order valence-corrected chi connectivity index (χ0v) is 11.5. The molecule has 0 heterocycles. The number of carbonyl (C=O) groups is 2. The predicted octanol–water partition coefficient (Wildman–Crippen LogP) is 2.07. The molecule has 0 aromatic heterocycles. The van der Waals surface area contributed by atoms with E-state index in [4.69, 9.17) is 10.2 Å². The van der Waals surface area contributed by atoms with Gasteiger partial charge in [-0.05, 0) is 27.7 Å². The molecule has 0 aliphatic carbocycles. The van der Waals surface area contributed by atoms with Crippen molar-refractivity contribution in [3.05, 3.63) is 23.7 Å². The first kappa shape index (κ1) is 19.6. The first-order valence-electron chi connectivity index (χ1n) is 4.01. The number of carbonyl (C=O) groups excluding carboxylic acids is 2. The Labute approximate surface area is 104 Å². The minimum absolute atomic E-state index is 0. The first-order valence-corrected chi connectivity index (χ1v) is 4.01. The van der Waals surface area contributed by atoms with Crippen molar-refractivity contribution in [3.8, 4) is 0 Å². The standard InChI is InChI=1S/2C5H8O2.Pt/c2*1-4(6)3-5(2)7;/h2*3,6H,1-2H3;/b4-3+;4-3-;. The average Bonchev–Trinajstić information content (AvgIpc) is 1.79. The molecule has 0 unspecified atom stereocenters. The van der Waals surface area contributed by atoms with Gasteiger partial charge in [-0.15, -0.1) is 0 Å². The number of rotatable bonds is 2. The molecule has 0 bridgehead atoms. The summed E-state index contributed by atoms with van der Waals surface area (Å²) in [5.74, 6) is -0.125. The Morgan fingerprint density at radius 2 is 1.00 bits per heavy atom. The fourth-order valence-electron chi connectivity index (χ4n) is 0.588. The van der Waals surface area contributed by atoms with Crippen LogP contribution in [0.25, 0.3) is 0 Å². The summed E-state index contributed by atoms with van der Waals surface area (Å²) in [6.45, 7) is 5.70. The topological polar surface area (TPSA) is 74.6 Å². The summed E-state index contributed by atoms with van der Waals surface area (Å²) in [5, 5.41) is 16.7. The maximum absolute atomic E-state index is 10.0. The van der Waals surface area contributed by atoms with Crippen molar-refractivity contribution in [2.24, 2.45) is 0 Å². The third-order valence-electron chi connectivity index (χ3n) is 0.824. The van der Waals surface area contributed by atoms with Gasteiger partial charge in [0.25, 0.3) is 0 Å². The van der Waals surface area contributed by atoms with Gasteiger partial charge < -0.3 is 10.2 Å². The number of hydrogen-bond acceptors (Lipinski definition) is 4. The van der Waals surface area contributed by atoms with Gasteiger partial charge in [0.2, 0.25) is 0 Å². The molecule has 0 spiro atoms. The van der Waals surface area contributed by atoms with Gasteiger partial charge in [0.05, 0.1) is 11.5 Å². The van der Waals surface area contributed by atoms with E-state index in [-0.39, 0.29) is 44.2 Å². The maximum Gasteiger partial charge on any atom is 0.155 e. The Morgan fingerprint density at radius 3 is 1.00 bits per heavy atom. The summed E-state index contributed by atoms with van der Waals surface area (Å²) in [6, 6.07) is 0.